The van der Waals surface area contributed by atoms with Gasteiger partial charge in [-0.05, 0) is 60.4 Å². The Morgan fingerprint density at radius 2 is 1.76 bits per heavy atom. The molecule has 1 saturated heterocycles. The Morgan fingerprint density at radius 1 is 0.966 bits per heavy atom. The molecule has 2 heterocycles. The van der Waals surface area contributed by atoms with Crippen molar-refractivity contribution in [1.82, 2.24) is 4.90 Å². The van der Waals surface area contributed by atoms with E-state index in [2.05, 4.69) is 29.6 Å². The molecule has 1 aliphatic heterocycles. The molecule has 1 N–H and O–H groups in total. The molecule has 0 aliphatic carbocycles. The summed E-state index contributed by atoms with van der Waals surface area (Å²) in [7, 11) is 0. The molecule has 2 aromatic carbocycles. The molecule has 4 nitrogen and oxygen atoms in total. The van der Waals surface area contributed by atoms with Gasteiger partial charge in [0.25, 0.3) is 11.8 Å². The van der Waals surface area contributed by atoms with E-state index >= 15 is 0 Å². The van der Waals surface area contributed by atoms with E-state index in [-0.39, 0.29) is 11.8 Å². The fourth-order valence-corrected chi connectivity index (χ4v) is 4.42. The van der Waals surface area contributed by atoms with Crippen LogP contribution in [-0.4, -0.2) is 29.8 Å². The van der Waals surface area contributed by atoms with Crippen LogP contribution in [0.4, 0.5) is 5.69 Å². The summed E-state index contributed by atoms with van der Waals surface area (Å²) in [6, 6.07) is 21.4. The second kappa shape index (κ2) is 9.05. The molecule has 0 spiro atoms. The molecule has 4 rings (SSSR count). The van der Waals surface area contributed by atoms with E-state index in [1.54, 1.807) is 12.1 Å². The number of anilines is 1. The lowest BCUT2D eigenvalue weighted by atomic mass is 9.90. The van der Waals surface area contributed by atoms with Gasteiger partial charge in [-0.15, -0.1) is 11.3 Å². The van der Waals surface area contributed by atoms with Gasteiger partial charge in [0.1, 0.15) is 0 Å². The van der Waals surface area contributed by atoms with Gasteiger partial charge in [-0.2, -0.15) is 0 Å². The molecule has 5 heteroatoms. The Bertz CT molecular complexity index is 962. The highest BCUT2D eigenvalue weighted by Gasteiger charge is 2.24. The summed E-state index contributed by atoms with van der Waals surface area (Å²) in [6.45, 7) is 1.56. The topological polar surface area (TPSA) is 49.4 Å². The van der Waals surface area contributed by atoms with Gasteiger partial charge in [-0.25, -0.2) is 0 Å². The van der Waals surface area contributed by atoms with Crippen LogP contribution in [-0.2, 0) is 6.42 Å². The zero-order valence-electron chi connectivity index (χ0n) is 16.2. The molecular weight excluding hydrogens is 380 g/mol. The van der Waals surface area contributed by atoms with Crippen molar-refractivity contribution in [2.24, 2.45) is 5.92 Å². The minimum absolute atomic E-state index is 0.0374. The van der Waals surface area contributed by atoms with Crippen LogP contribution < -0.4 is 5.32 Å². The number of nitrogens with one attached hydrogen (secondary N) is 1. The van der Waals surface area contributed by atoms with Gasteiger partial charge < -0.3 is 10.2 Å². The third-order valence-corrected chi connectivity index (χ3v) is 6.25. The molecule has 0 bridgehead atoms. The van der Waals surface area contributed by atoms with Crippen LogP contribution in [0.3, 0.4) is 0 Å². The van der Waals surface area contributed by atoms with Crippen molar-refractivity contribution in [2.45, 2.75) is 19.3 Å². The number of hydrogen-bond acceptors (Lipinski definition) is 3. The summed E-state index contributed by atoms with van der Waals surface area (Å²) in [4.78, 5) is 27.8. The van der Waals surface area contributed by atoms with Gasteiger partial charge in [0.05, 0.1) is 4.88 Å². The number of likely N-dealkylation sites (tertiary alicyclic amines) is 1. The summed E-state index contributed by atoms with van der Waals surface area (Å²) in [5.74, 6) is 0.513. The molecule has 0 saturated carbocycles. The zero-order valence-corrected chi connectivity index (χ0v) is 17.0. The lowest BCUT2D eigenvalue weighted by Gasteiger charge is -2.32. The molecule has 1 aliphatic rings. The van der Waals surface area contributed by atoms with Crippen LogP contribution in [0.5, 0.6) is 0 Å². The van der Waals surface area contributed by atoms with Crippen LogP contribution >= 0.6 is 11.3 Å². The van der Waals surface area contributed by atoms with E-state index in [1.165, 1.54) is 16.9 Å². The van der Waals surface area contributed by atoms with Gasteiger partial charge in [-0.1, -0.05) is 42.5 Å². The van der Waals surface area contributed by atoms with Crippen molar-refractivity contribution in [3.8, 4) is 0 Å². The summed E-state index contributed by atoms with van der Waals surface area (Å²) in [5.41, 5.74) is 2.63. The number of carbonyl (C=O) groups is 2. The lowest BCUT2D eigenvalue weighted by Crippen LogP contribution is -2.38. The first-order valence-corrected chi connectivity index (χ1v) is 10.8. The van der Waals surface area contributed by atoms with E-state index in [0.29, 0.717) is 22.0 Å². The number of amides is 2. The van der Waals surface area contributed by atoms with Crippen molar-refractivity contribution in [2.75, 3.05) is 18.4 Å². The lowest BCUT2D eigenvalue weighted by molar-refractivity contribution is 0.0690. The molecule has 3 aromatic rings. The van der Waals surface area contributed by atoms with Crippen LogP contribution in [0.25, 0.3) is 0 Å². The maximum atomic E-state index is 12.9. The summed E-state index contributed by atoms with van der Waals surface area (Å²) in [6.07, 6.45) is 3.12. The van der Waals surface area contributed by atoms with Crippen LogP contribution in [0, 0.1) is 5.92 Å². The van der Waals surface area contributed by atoms with Crippen molar-refractivity contribution in [3.05, 3.63) is 88.1 Å². The van der Waals surface area contributed by atoms with Crippen molar-refractivity contribution < 1.29 is 9.59 Å². The quantitative estimate of drug-likeness (QED) is 0.643. The van der Waals surface area contributed by atoms with Crippen molar-refractivity contribution in [1.29, 1.82) is 0 Å². The van der Waals surface area contributed by atoms with E-state index in [0.717, 1.165) is 32.4 Å². The average molecular weight is 405 g/mol. The van der Waals surface area contributed by atoms with Gasteiger partial charge in [0, 0.05) is 24.3 Å². The van der Waals surface area contributed by atoms with Crippen LogP contribution in [0.2, 0.25) is 0 Å². The number of rotatable bonds is 5. The first kappa shape index (κ1) is 19.4. The summed E-state index contributed by atoms with van der Waals surface area (Å²) >= 11 is 1.40. The third kappa shape index (κ3) is 4.93. The van der Waals surface area contributed by atoms with Crippen LogP contribution in [0.15, 0.2) is 72.1 Å². The van der Waals surface area contributed by atoms with Crippen molar-refractivity contribution >= 4 is 28.8 Å². The summed E-state index contributed by atoms with van der Waals surface area (Å²) in [5, 5.41) is 4.75. The Hall–Kier alpha value is -2.92. The Balaban J connectivity index is 1.34. The fourth-order valence-electron chi connectivity index (χ4n) is 3.80. The highest BCUT2D eigenvalue weighted by molar-refractivity contribution is 7.12. The third-order valence-electron chi connectivity index (χ3n) is 5.38. The number of carbonyl (C=O) groups excluding carboxylic acids is 2. The maximum Gasteiger partial charge on any atom is 0.265 e. The first-order valence-electron chi connectivity index (χ1n) is 9.97. The molecule has 1 aromatic heterocycles. The van der Waals surface area contributed by atoms with E-state index in [4.69, 9.17) is 0 Å². The standard InChI is InChI=1S/C24H24N2O2S/c27-23(22-10-5-15-29-22)25-21-9-4-8-20(17-21)24(28)26-13-11-19(12-14-26)16-18-6-2-1-3-7-18/h1-10,15,17,19H,11-14,16H2,(H,25,27). The molecule has 148 valence electrons. The number of nitrogens with zero attached hydrogens (tertiary/aromatic N) is 1. The normalized spacial score (nSPS) is 14.6. The number of piperidine rings is 1. The molecule has 2 amide bonds. The fraction of sp³-hybridized carbons (Fsp3) is 0.250. The van der Waals surface area contributed by atoms with Gasteiger partial charge in [-0.3, -0.25) is 9.59 Å². The van der Waals surface area contributed by atoms with Crippen molar-refractivity contribution in [3.63, 3.8) is 0 Å². The second-order valence-corrected chi connectivity index (χ2v) is 8.39. The second-order valence-electron chi connectivity index (χ2n) is 7.44. The number of thiophene rings is 1. The van der Waals surface area contributed by atoms with E-state index < -0.39 is 0 Å². The predicted molar refractivity (Wildman–Crippen MR) is 117 cm³/mol. The Morgan fingerprint density at radius 3 is 2.48 bits per heavy atom. The SMILES string of the molecule is O=C(Nc1cccc(C(=O)N2CCC(Cc3ccccc3)CC2)c1)c1cccs1. The zero-order chi connectivity index (χ0) is 20.1. The summed E-state index contributed by atoms with van der Waals surface area (Å²) < 4.78 is 0. The monoisotopic (exact) mass is 404 g/mol. The van der Waals surface area contributed by atoms with Gasteiger partial charge in [0.2, 0.25) is 0 Å². The van der Waals surface area contributed by atoms with E-state index in [9.17, 15) is 9.59 Å². The minimum atomic E-state index is -0.147. The molecule has 0 radical (unpaired) electrons. The minimum Gasteiger partial charge on any atom is -0.339 e. The highest BCUT2D eigenvalue weighted by Crippen LogP contribution is 2.23. The molecule has 0 atom stereocenters. The maximum absolute atomic E-state index is 12.9. The molecule has 29 heavy (non-hydrogen) atoms. The Kier molecular flexibility index (Phi) is 6.06. The molecule has 0 unspecified atom stereocenters. The first-order chi connectivity index (χ1) is 14.2. The van der Waals surface area contributed by atoms with Gasteiger partial charge >= 0.3 is 0 Å². The Labute approximate surface area is 175 Å². The largest absolute Gasteiger partial charge is 0.339 e. The smallest absolute Gasteiger partial charge is 0.265 e. The van der Waals surface area contributed by atoms with Crippen LogP contribution in [0.1, 0.15) is 38.4 Å². The average Bonchev–Trinajstić information content (AvgIpc) is 3.30. The van der Waals surface area contributed by atoms with E-state index in [1.807, 2.05) is 40.6 Å². The highest BCUT2D eigenvalue weighted by atomic mass is 32.1. The number of benzene rings is 2. The number of hydrogen-bond donors (Lipinski definition) is 1. The predicted octanol–water partition coefficient (Wildman–Crippen LogP) is 5.10. The van der Waals surface area contributed by atoms with Gasteiger partial charge in [0.15, 0.2) is 0 Å². The molecule has 1 fully saturated rings. The molecular formula is C24H24N2O2S.